The Morgan fingerprint density at radius 1 is 1.39 bits per heavy atom. The minimum atomic E-state index is -4.71. The van der Waals surface area contributed by atoms with Gasteiger partial charge in [0.1, 0.15) is 5.56 Å². The molecule has 0 radical (unpaired) electrons. The van der Waals surface area contributed by atoms with Gasteiger partial charge in [-0.25, -0.2) is 14.3 Å². The summed E-state index contributed by atoms with van der Waals surface area (Å²) < 4.78 is 38.4. The molecule has 5 nitrogen and oxygen atoms in total. The Morgan fingerprint density at radius 3 is 2.50 bits per heavy atom. The normalized spacial score (nSPS) is 12.1. The van der Waals surface area contributed by atoms with Crippen LogP contribution in [-0.2, 0) is 6.18 Å². The van der Waals surface area contributed by atoms with Crippen LogP contribution >= 0.6 is 0 Å². The van der Waals surface area contributed by atoms with Crippen molar-refractivity contribution in [1.82, 2.24) is 14.6 Å². The third kappa shape index (κ3) is 1.79. The Labute approximate surface area is 98.9 Å². The molecule has 1 N–H and O–H groups in total. The van der Waals surface area contributed by atoms with Crippen molar-refractivity contribution in [3.63, 3.8) is 0 Å². The number of carbonyl (C=O) groups is 1. The molecule has 2 aromatic rings. The third-order valence-electron chi connectivity index (χ3n) is 2.45. The van der Waals surface area contributed by atoms with E-state index in [1.807, 2.05) is 0 Å². The zero-order valence-electron chi connectivity index (χ0n) is 9.41. The summed E-state index contributed by atoms with van der Waals surface area (Å²) in [5.74, 6) is -2.68. The lowest BCUT2D eigenvalue weighted by atomic mass is 10.1. The standard InChI is InChI=1S/C10H8F3N3O2/c1-4-3-5(2)16-7(6(4)8(17)18)14-9(15-16)10(11,12)13/h3H,1-2H3,(H,17,18). The summed E-state index contributed by atoms with van der Waals surface area (Å²) in [6.45, 7) is 3.03. The van der Waals surface area contributed by atoms with E-state index in [1.165, 1.54) is 19.9 Å². The van der Waals surface area contributed by atoms with Gasteiger partial charge in [0.15, 0.2) is 5.65 Å². The Morgan fingerprint density at radius 2 is 2.00 bits per heavy atom. The van der Waals surface area contributed by atoms with Crippen molar-refractivity contribution in [1.29, 1.82) is 0 Å². The molecule has 2 heterocycles. The third-order valence-corrected chi connectivity index (χ3v) is 2.45. The second-order valence-electron chi connectivity index (χ2n) is 3.82. The maximum Gasteiger partial charge on any atom is 0.453 e. The van der Waals surface area contributed by atoms with E-state index in [4.69, 9.17) is 5.11 Å². The van der Waals surface area contributed by atoms with Crippen LogP contribution < -0.4 is 0 Å². The van der Waals surface area contributed by atoms with Crippen LogP contribution in [0.4, 0.5) is 13.2 Å². The van der Waals surface area contributed by atoms with E-state index in [-0.39, 0.29) is 11.2 Å². The minimum absolute atomic E-state index is 0.274. The first-order chi connectivity index (χ1) is 8.21. The summed E-state index contributed by atoms with van der Waals surface area (Å²) >= 11 is 0. The van der Waals surface area contributed by atoms with Gasteiger partial charge in [-0.3, -0.25) is 0 Å². The van der Waals surface area contributed by atoms with Crippen LogP contribution in [0.5, 0.6) is 0 Å². The molecule has 2 aromatic heterocycles. The molecule has 0 unspecified atom stereocenters. The van der Waals surface area contributed by atoms with E-state index in [1.54, 1.807) is 0 Å². The molecular formula is C10H8F3N3O2. The maximum atomic E-state index is 12.5. The van der Waals surface area contributed by atoms with Crippen molar-refractivity contribution in [2.45, 2.75) is 20.0 Å². The first-order valence-corrected chi connectivity index (χ1v) is 4.89. The summed E-state index contributed by atoms with van der Waals surface area (Å²) in [6.07, 6.45) is -4.71. The molecule has 0 atom stereocenters. The molecule has 0 bridgehead atoms. The number of aromatic carboxylic acids is 1. The van der Waals surface area contributed by atoms with Crippen LogP contribution in [0.2, 0.25) is 0 Å². The molecule has 0 saturated heterocycles. The summed E-state index contributed by atoms with van der Waals surface area (Å²) in [7, 11) is 0. The molecule has 96 valence electrons. The van der Waals surface area contributed by atoms with Crippen LogP contribution in [-0.4, -0.2) is 25.7 Å². The van der Waals surface area contributed by atoms with Gasteiger partial charge in [0.2, 0.25) is 0 Å². The molecular weight excluding hydrogens is 251 g/mol. The van der Waals surface area contributed by atoms with Gasteiger partial charge in [-0.1, -0.05) is 0 Å². The average Bonchev–Trinajstić information content (AvgIpc) is 2.60. The monoisotopic (exact) mass is 259 g/mol. The maximum absolute atomic E-state index is 12.5. The topological polar surface area (TPSA) is 67.5 Å². The molecule has 0 aliphatic carbocycles. The van der Waals surface area contributed by atoms with Crippen molar-refractivity contribution in [2.75, 3.05) is 0 Å². The molecule has 2 rings (SSSR count). The van der Waals surface area contributed by atoms with Gasteiger partial charge in [-0.2, -0.15) is 13.2 Å². The molecule has 0 aliphatic heterocycles. The van der Waals surface area contributed by atoms with Gasteiger partial charge in [-0.05, 0) is 25.5 Å². The number of hydrogen-bond acceptors (Lipinski definition) is 3. The van der Waals surface area contributed by atoms with Crippen molar-refractivity contribution in [3.05, 3.63) is 28.7 Å². The van der Waals surface area contributed by atoms with Crippen molar-refractivity contribution in [3.8, 4) is 0 Å². The number of aryl methyl sites for hydroxylation is 2. The predicted molar refractivity (Wildman–Crippen MR) is 54.4 cm³/mol. The Bertz CT molecular complexity index is 646. The number of carboxylic acids is 1. The molecule has 0 aliphatic rings. The Kier molecular flexibility index (Phi) is 2.53. The highest BCUT2D eigenvalue weighted by atomic mass is 19.4. The first-order valence-electron chi connectivity index (χ1n) is 4.89. The van der Waals surface area contributed by atoms with Crippen LogP contribution in [0.25, 0.3) is 5.65 Å². The predicted octanol–water partition coefficient (Wildman–Crippen LogP) is 2.06. The quantitative estimate of drug-likeness (QED) is 0.851. The smallest absolute Gasteiger partial charge is 0.453 e. The lowest BCUT2D eigenvalue weighted by molar-refractivity contribution is -0.144. The zero-order valence-corrected chi connectivity index (χ0v) is 9.41. The summed E-state index contributed by atoms with van der Waals surface area (Å²) in [4.78, 5) is 14.3. The van der Waals surface area contributed by atoms with E-state index >= 15 is 0 Å². The Balaban J connectivity index is 2.86. The number of halogens is 3. The molecule has 0 spiro atoms. The number of fused-ring (bicyclic) bond motifs is 1. The molecule has 0 saturated carbocycles. The van der Waals surface area contributed by atoms with Gasteiger partial charge in [-0.15, -0.1) is 5.10 Å². The van der Waals surface area contributed by atoms with Crippen molar-refractivity contribution >= 4 is 11.6 Å². The van der Waals surface area contributed by atoms with E-state index in [9.17, 15) is 18.0 Å². The van der Waals surface area contributed by atoms with E-state index in [0.717, 1.165) is 4.52 Å². The summed E-state index contributed by atoms with van der Waals surface area (Å²) in [6, 6.07) is 1.45. The van der Waals surface area contributed by atoms with Gasteiger partial charge in [0.05, 0.1) is 0 Å². The number of nitrogens with zero attached hydrogens (tertiary/aromatic N) is 3. The number of alkyl halides is 3. The Hall–Kier alpha value is -2.12. The summed E-state index contributed by atoms with van der Waals surface area (Å²) in [5.41, 5.74) is 0.153. The fourth-order valence-electron chi connectivity index (χ4n) is 1.73. The van der Waals surface area contributed by atoms with Gasteiger partial charge < -0.3 is 5.11 Å². The molecule has 0 amide bonds. The zero-order chi connectivity index (χ0) is 13.7. The fourth-order valence-corrected chi connectivity index (χ4v) is 1.73. The second kappa shape index (κ2) is 3.69. The van der Waals surface area contributed by atoms with Crippen LogP contribution in [0, 0.1) is 13.8 Å². The number of carboxylic acid groups (broad SMARTS) is 1. The largest absolute Gasteiger partial charge is 0.478 e. The van der Waals surface area contributed by atoms with E-state index in [0.29, 0.717) is 11.3 Å². The molecule has 18 heavy (non-hydrogen) atoms. The van der Waals surface area contributed by atoms with Gasteiger partial charge in [0, 0.05) is 5.69 Å². The highest BCUT2D eigenvalue weighted by Gasteiger charge is 2.37. The highest BCUT2D eigenvalue weighted by Crippen LogP contribution is 2.28. The van der Waals surface area contributed by atoms with Crippen LogP contribution in [0.1, 0.15) is 27.4 Å². The van der Waals surface area contributed by atoms with Crippen molar-refractivity contribution in [2.24, 2.45) is 0 Å². The second-order valence-corrected chi connectivity index (χ2v) is 3.82. The lowest BCUT2D eigenvalue weighted by Gasteiger charge is -2.04. The number of aromatic nitrogens is 3. The fraction of sp³-hybridized carbons (Fsp3) is 0.300. The number of rotatable bonds is 1. The number of pyridine rings is 1. The van der Waals surface area contributed by atoms with Crippen molar-refractivity contribution < 1.29 is 23.1 Å². The SMILES string of the molecule is Cc1cc(C)n2nc(C(F)(F)F)nc2c1C(=O)O. The van der Waals surface area contributed by atoms with Gasteiger partial charge >= 0.3 is 12.1 Å². The van der Waals surface area contributed by atoms with E-state index in [2.05, 4.69) is 10.1 Å². The molecule has 0 fully saturated rings. The molecule has 8 heteroatoms. The minimum Gasteiger partial charge on any atom is -0.478 e. The summed E-state index contributed by atoms with van der Waals surface area (Å²) in [5, 5.41) is 12.3. The average molecular weight is 259 g/mol. The van der Waals surface area contributed by atoms with Gasteiger partial charge in [0.25, 0.3) is 5.82 Å². The van der Waals surface area contributed by atoms with E-state index < -0.39 is 18.0 Å². The molecule has 0 aromatic carbocycles. The first kappa shape index (κ1) is 12.3. The highest BCUT2D eigenvalue weighted by molar-refractivity contribution is 5.96. The number of hydrogen-bond donors (Lipinski definition) is 1. The lowest BCUT2D eigenvalue weighted by Crippen LogP contribution is -2.08. The van der Waals surface area contributed by atoms with Crippen LogP contribution in [0.3, 0.4) is 0 Å². The van der Waals surface area contributed by atoms with Crippen LogP contribution in [0.15, 0.2) is 6.07 Å².